The summed E-state index contributed by atoms with van der Waals surface area (Å²) in [4.78, 5) is 16.2. The number of nitrogens with zero attached hydrogens (tertiary/aromatic N) is 1. The molecule has 0 radical (unpaired) electrons. The predicted molar refractivity (Wildman–Crippen MR) is 103 cm³/mol. The Morgan fingerprint density at radius 3 is 2.88 bits per heavy atom. The number of carbonyl (C=O) groups is 1. The van der Waals surface area contributed by atoms with Crippen molar-refractivity contribution in [2.45, 2.75) is 32.3 Å². The molecule has 6 heteroatoms. The van der Waals surface area contributed by atoms with Crippen LogP contribution in [0.4, 0.5) is 5.69 Å². The van der Waals surface area contributed by atoms with Crippen LogP contribution in [0.3, 0.4) is 0 Å². The van der Waals surface area contributed by atoms with Gasteiger partial charge in [0.1, 0.15) is 12.4 Å². The van der Waals surface area contributed by atoms with Gasteiger partial charge in [0.15, 0.2) is 0 Å². The molecule has 3 rings (SSSR count). The van der Waals surface area contributed by atoms with Crippen molar-refractivity contribution in [3.8, 4) is 5.75 Å². The molecule has 0 unspecified atom stereocenters. The summed E-state index contributed by atoms with van der Waals surface area (Å²) in [6.45, 7) is 2.51. The number of nitrogens with one attached hydrogen (secondary N) is 2. The van der Waals surface area contributed by atoms with Gasteiger partial charge < -0.3 is 15.4 Å². The zero-order valence-corrected chi connectivity index (χ0v) is 15.5. The standard InChI is InChI=1S/C20H24ClN3O2/c21-18-12-17(24-20(25)6-3-15-7-10-22-11-8-15)4-5-19(18)26-14-16-2-1-9-23-13-16/h1-2,4-5,9,12-13,15,22H,3,6-8,10-11,14H2,(H,24,25). The Morgan fingerprint density at radius 1 is 1.31 bits per heavy atom. The lowest BCUT2D eigenvalue weighted by atomic mass is 9.93. The minimum atomic E-state index is 0.0311. The van der Waals surface area contributed by atoms with Crippen LogP contribution in [0.25, 0.3) is 0 Å². The van der Waals surface area contributed by atoms with Crippen LogP contribution in [-0.2, 0) is 11.4 Å². The Balaban J connectivity index is 1.47. The van der Waals surface area contributed by atoms with Crippen LogP contribution in [0, 0.1) is 5.92 Å². The number of ether oxygens (including phenoxy) is 1. The maximum Gasteiger partial charge on any atom is 0.224 e. The molecule has 0 saturated carbocycles. The number of carbonyl (C=O) groups excluding carboxylic acids is 1. The number of piperidine rings is 1. The molecule has 2 N–H and O–H groups in total. The molecule has 0 spiro atoms. The largest absolute Gasteiger partial charge is 0.487 e. The van der Waals surface area contributed by atoms with E-state index in [4.69, 9.17) is 16.3 Å². The van der Waals surface area contributed by atoms with Crippen LogP contribution < -0.4 is 15.4 Å². The normalized spacial score (nSPS) is 14.8. The van der Waals surface area contributed by atoms with Gasteiger partial charge in [0.05, 0.1) is 5.02 Å². The first-order chi connectivity index (χ1) is 12.7. The molecule has 138 valence electrons. The van der Waals surface area contributed by atoms with Crippen molar-refractivity contribution in [1.82, 2.24) is 10.3 Å². The van der Waals surface area contributed by atoms with E-state index in [1.54, 1.807) is 24.5 Å². The molecule has 0 atom stereocenters. The highest BCUT2D eigenvalue weighted by atomic mass is 35.5. The lowest BCUT2D eigenvalue weighted by molar-refractivity contribution is -0.116. The van der Waals surface area contributed by atoms with Gasteiger partial charge in [0.2, 0.25) is 5.91 Å². The van der Waals surface area contributed by atoms with Crippen molar-refractivity contribution in [2.75, 3.05) is 18.4 Å². The van der Waals surface area contributed by atoms with Gasteiger partial charge in [-0.25, -0.2) is 0 Å². The second-order valence-electron chi connectivity index (χ2n) is 6.58. The lowest BCUT2D eigenvalue weighted by Crippen LogP contribution is -2.28. The smallest absolute Gasteiger partial charge is 0.224 e. The van der Waals surface area contributed by atoms with Gasteiger partial charge >= 0.3 is 0 Å². The van der Waals surface area contributed by atoms with E-state index >= 15 is 0 Å². The summed E-state index contributed by atoms with van der Waals surface area (Å²) in [5, 5.41) is 6.74. The molecular weight excluding hydrogens is 350 g/mol. The minimum Gasteiger partial charge on any atom is -0.487 e. The Bertz CT molecular complexity index is 718. The number of pyridine rings is 1. The number of aromatic nitrogens is 1. The third kappa shape index (κ3) is 5.71. The fourth-order valence-corrected chi connectivity index (χ4v) is 3.30. The predicted octanol–water partition coefficient (Wildman–Crippen LogP) is 4.03. The number of rotatable bonds is 7. The van der Waals surface area contributed by atoms with Gasteiger partial charge in [0, 0.05) is 30.1 Å². The molecule has 1 aliphatic rings. The number of amides is 1. The second-order valence-corrected chi connectivity index (χ2v) is 6.98. The van der Waals surface area contributed by atoms with Crippen LogP contribution in [0.1, 0.15) is 31.2 Å². The van der Waals surface area contributed by atoms with E-state index in [-0.39, 0.29) is 5.91 Å². The number of hydrogen-bond donors (Lipinski definition) is 2. The van der Waals surface area contributed by atoms with Crippen LogP contribution in [0.15, 0.2) is 42.7 Å². The van der Waals surface area contributed by atoms with E-state index in [0.29, 0.717) is 35.4 Å². The molecule has 0 bridgehead atoms. The zero-order chi connectivity index (χ0) is 18.2. The number of hydrogen-bond acceptors (Lipinski definition) is 4. The van der Waals surface area contributed by atoms with E-state index in [1.165, 1.54) is 0 Å². The Morgan fingerprint density at radius 2 is 2.15 bits per heavy atom. The Kier molecular flexibility index (Phi) is 6.86. The van der Waals surface area contributed by atoms with Gasteiger partial charge in [0.25, 0.3) is 0 Å². The Hall–Kier alpha value is -2.11. The maximum atomic E-state index is 12.2. The summed E-state index contributed by atoms with van der Waals surface area (Å²) in [7, 11) is 0. The highest BCUT2D eigenvalue weighted by Crippen LogP contribution is 2.28. The SMILES string of the molecule is O=C(CCC1CCNCC1)Nc1ccc(OCc2cccnc2)c(Cl)c1. The molecule has 1 aromatic heterocycles. The first-order valence-electron chi connectivity index (χ1n) is 9.02. The molecule has 1 aliphatic heterocycles. The van der Waals surface area contributed by atoms with Crippen LogP contribution >= 0.6 is 11.6 Å². The van der Waals surface area contributed by atoms with Crippen LogP contribution in [0.2, 0.25) is 5.02 Å². The molecule has 1 aromatic carbocycles. The summed E-state index contributed by atoms with van der Waals surface area (Å²) < 4.78 is 5.72. The first kappa shape index (κ1) is 18.7. The van der Waals surface area contributed by atoms with Crippen molar-refractivity contribution in [2.24, 2.45) is 5.92 Å². The van der Waals surface area contributed by atoms with Crippen molar-refractivity contribution < 1.29 is 9.53 Å². The van der Waals surface area contributed by atoms with Crippen molar-refractivity contribution in [3.63, 3.8) is 0 Å². The van der Waals surface area contributed by atoms with Crippen molar-refractivity contribution in [3.05, 3.63) is 53.3 Å². The molecule has 1 saturated heterocycles. The molecule has 1 fully saturated rings. The molecule has 0 aliphatic carbocycles. The molecule has 2 heterocycles. The zero-order valence-electron chi connectivity index (χ0n) is 14.7. The van der Waals surface area contributed by atoms with Gasteiger partial charge in [-0.3, -0.25) is 9.78 Å². The second kappa shape index (κ2) is 9.55. The fourth-order valence-electron chi connectivity index (χ4n) is 3.07. The summed E-state index contributed by atoms with van der Waals surface area (Å²) in [5.41, 5.74) is 1.66. The highest BCUT2D eigenvalue weighted by Gasteiger charge is 2.14. The highest BCUT2D eigenvalue weighted by molar-refractivity contribution is 6.32. The van der Waals surface area contributed by atoms with E-state index in [2.05, 4.69) is 15.6 Å². The summed E-state index contributed by atoms with van der Waals surface area (Å²) >= 11 is 6.28. The molecule has 26 heavy (non-hydrogen) atoms. The topological polar surface area (TPSA) is 63.2 Å². The van der Waals surface area contributed by atoms with Gasteiger partial charge in [-0.2, -0.15) is 0 Å². The number of benzene rings is 1. The van der Waals surface area contributed by atoms with Crippen LogP contribution in [0.5, 0.6) is 5.75 Å². The number of halogens is 1. The van der Waals surface area contributed by atoms with E-state index in [0.717, 1.165) is 37.9 Å². The van der Waals surface area contributed by atoms with Crippen LogP contribution in [-0.4, -0.2) is 24.0 Å². The lowest BCUT2D eigenvalue weighted by Gasteiger charge is -2.22. The molecule has 1 amide bonds. The van der Waals surface area contributed by atoms with Crippen molar-refractivity contribution in [1.29, 1.82) is 0 Å². The molecule has 5 nitrogen and oxygen atoms in total. The third-order valence-corrected chi connectivity index (χ3v) is 4.87. The summed E-state index contributed by atoms with van der Waals surface area (Å²) in [6, 6.07) is 9.12. The Labute approximate surface area is 159 Å². The van der Waals surface area contributed by atoms with E-state index in [9.17, 15) is 4.79 Å². The summed E-state index contributed by atoms with van der Waals surface area (Å²) in [6.07, 6.45) is 7.27. The van der Waals surface area contributed by atoms with Gasteiger partial charge in [-0.05, 0) is 62.5 Å². The first-order valence-corrected chi connectivity index (χ1v) is 9.40. The quantitative estimate of drug-likeness (QED) is 0.769. The number of anilines is 1. The van der Waals surface area contributed by atoms with Gasteiger partial charge in [-0.1, -0.05) is 17.7 Å². The monoisotopic (exact) mass is 373 g/mol. The average Bonchev–Trinajstić information content (AvgIpc) is 2.67. The van der Waals surface area contributed by atoms with Crippen molar-refractivity contribution >= 4 is 23.2 Å². The van der Waals surface area contributed by atoms with E-state index < -0.39 is 0 Å². The molecule has 2 aromatic rings. The van der Waals surface area contributed by atoms with E-state index in [1.807, 2.05) is 18.2 Å². The maximum absolute atomic E-state index is 12.2. The third-order valence-electron chi connectivity index (χ3n) is 4.57. The van der Waals surface area contributed by atoms with Gasteiger partial charge in [-0.15, -0.1) is 0 Å². The molecular formula is C20H24ClN3O2. The summed E-state index contributed by atoms with van der Waals surface area (Å²) in [5.74, 6) is 1.26. The minimum absolute atomic E-state index is 0.0311. The fraction of sp³-hybridized carbons (Fsp3) is 0.400. The average molecular weight is 374 g/mol.